The van der Waals surface area contributed by atoms with Crippen molar-refractivity contribution in [2.24, 2.45) is 0 Å². The van der Waals surface area contributed by atoms with Crippen molar-refractivity contribution in [2.75, 3.05) is 30.7 Å². The summed E-state index contributed by atoms with van der Waals surface area (Å²) in [5, 5.41) is 0. The van der Waals surface area contributed by atoms with E-state index in [0.29, 0.717) is 24.3 Å². The van der Waals surface area contributed by atoms with E-state index < -0.39 is 10.0 Å². The molecule has 7 heteroatoms. The average Bonchev–Trinajstić information content (AvgIpc) is 3.10. The number of amides is 1. The van der Waals surface area contributed by atoms with Gasteiger partial charge in [-0.3, -0.25) is 9.10 Å². The quantitative estimate of drug-likeness (QED) is 0.824. The molecule has 1 unspecified atom stereocenters. The molecule has 2 aromatic carbocycles. The average molecular weight is 376 g/mol. The van der Waals surface area contributed by atoms with E-state index in [9.17, 15) is 17.6 Å². The van der Waals surface area contributed by atoms with Crippen LogP contribution in [0.3, 0.4) is 0 Å². The normalized spacial score (nSPS) is 17.3. The largest absolute Gasteiger partial charge is 0.338 e. The summed E-state index contributed by atoms with van der Waals surface area (Å²) in [7, 11) is -1.86. The SMILES string of the molecule is CN(c1ccc(C(=O)N2CCC(c3ccc(F)cc3)C2)cc1)S(C)(=O)=O. The van der Waals surface area contributed by atoms with Gasteiger partial charge in [-0.05, 0) is 48.4 Å². The summed E-state index contributed by atoms with van der Waals surface area (Å²) in [6.45, 7) is 1.24. The second-order valence-corrected chi connectivity index (χ2v) is 8.58. The van der Waals surface area contributed by atoms with E-state index in [-0.39, 0.29) is 17.6 Å². The van der Waals surface area contributed by atoms with E-state index in [2.05, 4.69) is 0 Å². The van der Waals surface area contributed by atoms with Crippen LogP contribution in [0.25, 0.3) is 0 Å². The summed E-state index contributed by atoms with van der Waals surface area (Å²) in [4.78, 5) is 14.5. The lowest BCUT2D eigenvalue weighted by Gasteiger charge is -2.19. The zero-order valence-corrected chi connectivity index (χ0v) is 15.5. The Kier molecular flexibility index (Phi) is 5.00. The molecule has 0 spiro atoms. The van der Waals surface area contributed by atoms with E-state index in [0.717, 1.165) is 18.2 Å². The van der Waals surface area contributed by atoms with Gasteiger partial charge < -0.3 is 4.90 Å². The Morgan fingerprint density at radius 1 is 1.12 bits per heavy atom. The fraction of sp³-hybridized carbons (Fsp3) is 0.316. The molecule has 1 atom stereocenters. The Morgan fingerprint density at radius 2 is 1.73 bits per heavy atom. The number of likely N-dealkylation sites (tertiary alicyclic amines) is 1. The van der Waals surface area contributed by atoms with Crippen LogP contribution in [0.5, 0.6) is 0 Å². The number of hydrogen-bond acceptors (Lipinski definition) is 3. The van der Waals surface area contributed by atoms with E-state index in [1.165, 1.54) is 23.5 Å². The van der Waals surface area contributed by atoms with Crippen molar-refractivity contribution in [2.45, 2.75) is 12.3 Å². The molecule has 1 heterocycles. The van der Waals surface area contributed by atoms with Gasteiger partial charge in [-0.15, -0.1) is 0 Å². The monoisotopic (exact) mass is 376 g/mol. The maximum absolute atomic E-state index is 13.1. The van der Waals surface area contributed by atoms with Gasteiger partial charge in [-0.1, -0.05) is 12.1 Å². The van der Waals surface area contributed by atoms with Gasteiger partial charge in [0.15, 0.2) is 0 Å². The lowest BCUT2D eigenvalue weighted by Crippen LogP contribution is -2.28. The number of nitrogens with zero attached hydrogens (tertiary/aromatic N) is 2. The summed E-state index contributed by atoms with van der Waals surface area (Å²) in [5.74, 6) is -0.141. The van der Waals surface area contributed by atoms with Crippen LogP contribution >= 0.6 is 0 Å². The molecule has 26 heavy (non-hydrogen) atoms. The fourth-order valence-electron chi connectivity index (χ4n) is 3.14. The van der Waals surface area contributed by atoms with E-state index in [1.54, 1.807) is 41.3 Å². The van der Waals surface area contributed by atoms with Crippen molar-refractivity contribution < 1.29 is 17.6 Å². The molecule has 0 radical (unpaired) electrons. The fourth-order valence-corrected chi connectivity index (χ4v) is 3.64. The lowest BCUT2D eigenvalue weighted by molar-refractivity contribution is 0.0791. The molecule has 138 valence electrons. The van der Waals surface area contributed by atoms with Crippen molar-refractivity contribution in [3.05, 3.63) is 65.5 Å². The van der Waals surface area contributed by atoms with Crippen LogP contribution in [-0.2, 0) is 10.0 Å². The molecule has 3 rings (SSSR count). The van der Waals surface area contributed by atoms with Gasteiger partial charge in [-0.25, -0.2) is 12.8 Å². The summed E-state index contributed by atoms with van der Waals surface area (Å²) in [6, 6.07) is 13.0. The Morgan fingerprint density at radius 3 is 2.31 bits per heavy atom. The number of benzene rings is 2. The number of sulfonamides is 1. The number of carbonyl (C=O) groups excluding carboxylic acids is 1. The van der Waals surface area contributed by atoms with Crippen LogP contribution in [0, 0.1) is 5.82 Å². The number of halogens is 1. The third-order valence-electron chi connectivity index (χ3n) is 4.79. The summed E-state index contributed by atoms with van der Waals surface area (Å²) < 4.78 is 37.4. The Hall–Kier alpha value is -2.41. The Bertz CT molecular complexity index is 895. The smallest absolute Gasteiger partial charge is 0.253 e. The Labute approximate surface area is 153 Å². The van der Waals surface area contributed by atoms with Gasteiger partial charge in [-0.2, -0.15) is 0 Å². The van der Waals surface area contributed by atoms with Crippen molar-refractivity contribution in [3.8, 4) is 0 Å². The van der Waals surface area contributed by atoms with E-state index in [4.69, 9.17) is 0 Å². The van der Waals surface area contributed by atoms with Crippen LogP contribution < -0.4 is 4.31 Å². The maximum atomic E-state index is 13.1. The first kappa shape index (κ1) is 18.4. The van der Waals surface area contributed by atoms with E-state index in [1.807, 2.05) is 0 Å². The van der Waals surface area contributed by atoms with Crippen molar-refractivity contribution in [1.82, 2.24) is 4.90 Å². The third kappa shape index (κ3) is 3.88. The molecular weight excluding hydrogens is 355 g/mol. The minimum atomic E-state index is -3.33. The number of anilines is 1. The highest BCUT2D eigenvalue weighted by Gasteiger charge is 2.28. The molecule has 1 saturated heterocycles. The maximum Gasteiger partial charge on any atom is 0.253 e. The molecule has 1 aliphatic heterocycles. The molecule has 1 amide bonds. The van der Waals surface area contributed by atoms with Crippen LogP contribution in [0.4, 0.5) is 10.1 Å². The molecular formula is C19H21FN2O3S. The summed E-state index contributed by atoms with van der Waals surface area (Å²) in [5.41, 5.74) is 2.07. The first-order valence-electron chi connectivity index (χ1n) is 8.34. The van der Waals surface area contributed by atoms with Gasteiger partial charge in [0.1, 0.15) is 5.82 Å². The third-order valence-corrected chi connectivity index (χ3v) is 6.00. The zero-order chi connectivity index (χ0) is 18.9. The molecule has 0 aromatic heterocycles. The van der Waals surface area contributed by atoms with Crippen LogP contribution in [0.1, 0.15) is 28.3 Å². The topological polar surface area (TPSA) is 57.7 Å². The van der Waals surface area contributed by atoms with Crippen molar-refractivity contribution >= 4 is 21.6 Å². The lowest BCUT2D eigenvalue weighted by atomic mass is 9.98. The van der Waals surface area contributed by atoms with Gasteiger partial charge >= 0.3 is 0 Å². The van der Waals surface area contributed by atoms with Gasteiger partial charge in [0.2, 0.25) is 10.0 Å². The first-order valence-corrected chi connectivity index (χ1v) is 10.2. The number of carbonyl (C=O) groups is 1. The number of rotatable bonds is 4. The molecule has 1 aliphatic rings. The second-order valence-electron chi connectivity index (χ2n) is 6.57. The summed E-state index contributed by atoms with van der Waals surface area (Å²) >= 11 is 0. The highest BCUT2D eigenvalue weighted by molar-refractivity contribution is 7.92. The van der Waals surface area contributed by atoms with Crippen LogP contribution in [-0.4, -0.2) is 45.6 Å². The van der Waals surface area contributed by atoms with E-state index >= 15 is 0 Å². The second kappa shape index (κ2) is 7.07. The zero-order valence-electron chi connectivity index (χ0n) is 14.7. The number of hydrogen-bond donors (Lipinski definition) is 0. The molecule has 0 bridgehead atoms. The minimum absolute atomic E-state index is 0.0804. The first-order chi connectivity index (χ1) is 12.3. The standard InChI is InChI=1S/C19H21FN2O3S/c1-21(26(2,24)25)18-9-5-15(6-10-18)19(23)22-12-11-16(13-22)14-3-7-17(20)8-4-14/h3-10,16H,11-13H2,1-2H3. The van der Waals surface area contributed by atoms with Gasteiger partial charge in [0, 0.05) is 31.6 Å². The predicted molar refractivity (Wildman–Crippen MR) is 99.4 cm³/mol. The molecule has 2 aromatic rings. The molecule has 5 nitrogen and oxygen atoms in total. The summed E-state index contributed by atoms with van der Waals surface area (Å²) in [6.07, 6.45) is 1.97. The highest BCUT2D eigenvalue weighted by Crippen LogP contribution is 2.28. The molecule has 0 N–H and O–H groups in total. The predicted octanol–water partition coefficient (Wildman–Crippen LogP) is 2.85. The van der Waals surface area contributed by atoms with Gasteiger partial charge in [0.05, 0.1) is 11.9 Å². The van der Waals surface area contributed by atoms with Crippen LogP contribution in [0.15, 0.2) is 48.5 Å². The van der Waals surface area contributed by atoms with Gasteiger partial charge in [0.25, 0.3) is 5.91 Å². The van der Waals surface area contributed by atoms with Crippen molar-refractivity contribution in [3.63, 3.8) is 0 Å². The van der Waals surface area contributed by atoms with Crippen LogP contribution in [0.2, 0.25) is 0 Å². The highest BCUT2D eigenvalue weighted by atomic mass is 32.2. The molecule has 0 aliphatic carbocycles. The Balaban J connectivity index is 1.69. The minimum Gasteiger partial charge on any atom is -0.338 e. The molecule has 0 saturated carbocycles. The molecule has 1 fully saturated rings. The van der Waals surface area contributed by atoms with Crippen molar-refractivity contribution in [1.29, 1.82) is 0 Å².